The molecule has 2 saturated heterocycles. The molecule has 4 aromatic carbocycles. The van der Waals surface area contributed by atoms with Gasteiger partial charge in [0.25, 0.3) is 0 Å². The third kappa shape index (κ3) is 17.4. The monoisotopic (exact) mass is 1030 g/mol. The summed E-state index contributed by atoms with van der Waals surface area (Å²) in [4.78, 5) is 23.8. The van der Waals surface area contributed by atoms with E-state index in [1.807, 2.05) is 48.5 Å². The van der Waals surface area contributed by atoms with Gasteiger partial charge in [-0.2, -0.15) is 0 Å². The summed E-state index contributed by atoms with van der Waals surface area (Å²) in [5.74, 6) is 0. The van der Waals surface area contributed by atoms with Crippen LogP contribution in [0.4, 0.5) is 9.59 Å². The van der Waals surface area contributed by atoms with Crippen LogP contribution in [0.3, 0.4) is 0 Å². The van der Waals surface area contributed by atoms with Gasteiger partial charge < -0.3 is 20.1 Å². The molecular weight excluding hydrogens is 955 g/mol. The summed E-state index contributed by atoms with van der Waals surface area (Å²) in [5, 5.41) is 5.74. The lowest BCUT2D eigenvalue weighted by atomic mass is 9.93. The highest BCUT2D eigenvalue weighted by atomic mass is 31.2. The molecule has 4 aromatic rings. The molecule has 2 amide bonds. The van der Waals surface area contributed by atoms with E-state index in [0.29, 0.717) is 12.8 Å². The second-order valence-electron chi connectivity index (χ2n) is 19.7. The SMILES string of the molecule is CCCCCCCCc1ccc(CC[C@]2(COP3(=O)OCc4ccccc4CO3)COC(=O)N2)cc1.CCCCCCCCc1ccc(CC[C@]2(COP3(=O)OCc4ccccc4CO3)COC(=O)N2)cc1. The maximum absolute atomic E-state index is 13.2. The van der Waals surface area contributed by atoms with Gasteiger partial charge in [0, 0.05) is 0 Å². The number of phosphoric acid groups is 2. The molecule has 8 rings (SSSR count). The Morgan fingerprint density at radius 1 is 0.444 bits per heavy atom. The number of ether oxygens (including phenoxy) is 2. The van der Waals surface area contributed by atoms with Gasteiger partial charge in [-0.3, -0.25) is 27.1 Å². The van der Waals surface area contributed by atoms with E-state index in [4.69, 9.17) is 36.6 Å². The molecular formula is C56H76N2O12P2. The number of cyclic esters (lactones) is 2. The van der Waals surface area contributed by atoms with Crippen molar-refractivity contribution < 1.29 is 55.3 Å². The average molecular weight is 1030 g/mol. The fourth-order valence-electron chi connectivity index (χ4n) is 9.19. The lowest BCUT2D eigenvalue weighted by Gasteiger charge is -2.28. The summed E-state index contributed by atoms with van der Waals surface area (Å²) >= 11 is 0. The first-order valence-corrected chi connectivity index (χ1v) is 29.2. The van der Waals surface area contributed by atoms with Crippen LogP contribution in [0, 0.1) is 0 Å². The summed E-state index contributed by atoms with van der Waals surface area (Å²) in [6, 6.07) is 32.6. The molecule has 0 saturated carbocycles. The van der Waals surface area contributed by atoms with Gasteiger partial charge in [0.2, 0.25) is 0 Å². The van der Waals surface area contributed by atoms with E-state index >= 15 is 0 Å². The lowest BCUT2D eigenvalue weighted by Crippen LogP contribution is -2.48. The predicted molar refractivity (Wildman–Crippen MR) is 277 cm³/mol. The highest BCUT2D eigenvalue weighted by Gasteiger charge is 2.44. The largest absolute Gasteiger partial charge is 0.475 e. The van der Waals surface area contributed by atoms with Crippen LogP contribution in [-0.2, 0) is 97.9 Å². The molecule has 0 bridgehead atoms. The van der Waals surface area contributed by atoms with Crippen molar-refractivity contribution in [3.8, 4) is 0 Å². The zero-order chi connectivity index (χ0) is 50.5. The Morgan fingerprint density at radius 2 is 0.750 bits per heavy atom. The number of hydrogen-bond donors (Lipinski definition) is 2. The van der Waals surface area contributed by atoms with E-state index in [1.54, 1.807) is 0 Å². The number of amides is 2. The van der Waals surface area contributed by atoms with Gasteiger partial charge in [0.15, 0.2) is 0 Å². The molecule has 0 aliphatic carbocycles. The molecule has 4 aliphatic heterocycles. The number of aryl methyl sites for hydroxylation is 4. The quantitative estimate of drug-likeness (QED) is 0.0452. The zero-order valence-corrected chi connectivity index (χ0v) is 44.2. The van der Waals surface area contributed by atoms with Crippen LogP contribution >= 0.6 is 15.6 Å². The normalized spacial score (nSPS) is 20.9. The predicted octanol–water partition coefficient (Wildman–Crippen LogP) is 13.7. The second-order valence-corrected chi connectivity index (χ2v) is 23.0. The van der Waals surface area contributed by atoms with E-state index in [-0.39, 0.29) is 52.9 Å². The molecule has 4 aliphatic rings. The Bertz CT molecular complexity index is 2190. The Hall–Kier alpha value is -4.36. The van der Waals surface area contributed by atoms with Gasteiger partial charge in [-0.05, 0) is 95.9 Å². The molecule has 0 unspecified atom stereocenters. The summed E-state index contributed by atoms with van der Waals surface area (Å²) in [5.41, 5.74) is 7.15. The van der Waals surface area contributed by atoms with Crippen molar-refractivity contribution in [3.63, 3.8) is 0 Å². The number of alkyl carbamates (subject to hydrolysis) is 2. The molecule has 14 nitrogen and oxygen atoms in total. The Morgan fingerprint density at radius 3 is 1.06 bits per heavy atom. The van der Waals surface area contributed by atoms with Crippen molar-refractivity contribution in [2.45, 2.75) is 167 Å². The van der Waals surface area contributed by atoms with E-state index in [0.717, 1.165) is 47.9 Å². The topological polar surface area (TPSA) is 166 Å². The number of rotatable bonds is 26. The van der Waals surface area contributed by atoms with Crippen molar-refractivity contribution in [3.05, 3.63) is 142 Å². The minimum atomic E-state index is -3.78. The third-order valence-electron chi connectivity index (χ3n) is 13.9. The molecule has 4 heterocycles. The lowest BCUT2D eigenvalue weighted by molar-refractivity contribution is 0.0793. The number of benzene rings is 4. The van der Waals surface area contributed by atoms with Crippen molar-refractivity contribution >= 4 is 27.8 Å². The molecule has 0 aromatic heterocycles. The Kier molecular flexibility index (Phi) is 21.4. The maximum Gasteiger partial charge on any atom is 0.475 e. The number of phosphoric ester groups is 2. The number of nitrogens with one attached hydrogen (secondary N) is 2. The standard InChI is InChI=1S/2C28H38NO6P/c2*1-2-3-4-5-6-7-10-23-13-15-24(16-14-23)17-18-28(21-32-27(30)29-28)22-35-36(31)33-19-25-11-8-9-12-26(25)20-34-36/h2*8-9,11-16H,2-7,10,17-22H2,1H3,(H,29,30)/t2*28-/m11/s1. The number of carbonyl (C=O) groups is 2. The maximum atomic E-state index is 13.2. The Balaban J connectivity index is 0.000000211. The number of fused-ring (bicyclic) bond motifs is 2. The van der Waals surface area contributed by atoms with Crippen LogP contribution in [-0.4, -0.2) is 49.7 Å². The number of carbonyl (C=O) groups excluding carboxylic acids is 2. The fourth-order valence-corrected chi connectivity index (χ4v) is 11.6. The van der Waals surface area contributed by atoms with Crippen molar-refractivity contribution in [1.29, 1.82) is 0 Å². The van der Waals surface area contributed by atoms with Crippen LogP contribution in [0.2, 0.25) is 0 Å². The molecule has 2 N–H and O–H groups in total. The average Bonchev–Trinajstić information content (AvgIpc) is 3.86. The van der Waals surface area contributed by atoms with Gasteiger partial charge in [-0.25, -0.2) is 18.7 Å². The van der Waals surface area contributed by atoms with Crippen molar-refractivity contribution in [1.82, 2.24) is 10.6 Å². The van der Waals surface area contributed by atoms with Crippen LogP contribution in [0.5, 0.6) is 0 Å². The van der Waals surface area contributed by atoms with E-state index in [9.17, 15) is 18.7 Å². The van der Waals surface area contributed by atoms with Crippen LogP contribution in [0.15, 0.2) is 97.1 Å². The van der Waals surface area contributed by atoms with Gasteiger partial charge in [-0.15, -0.1) is 0 Å². The van der Waals surface area contributed by atoms with Crippen molar-refractivity contribution in [2.24, 2.45) is 0 Å². The molecule has 72 heavy (non-hydrogen) atoms. The van der Waals surface area contributed by atoms with E-state index in [2.05, 4.69) is 73.0 Å². The zero-order valence-electron chi connectivity index (χ0n) is 42.4. The summed E-state index contributed by atoms with van der Waals surface area (Å²) in [7, 11) is -7.57. The first-order valence-electron chi connectivity index (χ1n) is 26.2. The summed E-state index contributed by atoms with van der Waals surface area (Å²) in [6.45, 7) is 5.30. The van der Waals surface area contributed by atoms with Gasteiger partial charge >= 0.3 is 27.8 Å². The van der Waals surface area contributed by atoms with Crippen LogP contribution in [0.1, 0.15) is 148 Å². The molecule has 0 radical (unpaired) electrons. The number of hydrogen-bond acceptors (Lipinski definition) is 12. The number of unbranched alkanes of at least 4 members (excludes halogenated alkanes) is 10. The van der Waals surface area contributed by atoms with Gasteiger partial charge in [0.1, 0.15) is 24.3 Å². The highest BCUT2D eigenvalue weighted by Crippen LogP contribution is 2.54. The fraction of sp³-hybridized carbons (Fsp3) is 0.536. The van der Waals surface area contributed by atoms with Crippen LogP contribution in [0.25, 0.3) is 0 Å². The smallest absolute Gasteiger partial charge is 0.447 e. The van der Waals surface area contributed by atoms with Crippen molar-refractivity contribution in [2.75, 3.05) is 26.4 Å². The van der Waals surface area contributed by atoms with Gasteiger partial charge in [0.05, 0.1) is 39.6 Å². The second kappa shape index (κ2) is 27.8. The summed E-state index contributed by atoms with van der Waals surface area (Å²) < 4.78 is 70.3. The minimum Gasteiger partial charge on any atom is -0.447 e. The molecule has 2 atom stereocenters. The molecule has 2 fully saturated rings. The first kappa shape index (κ1) is 55.4. The molecule has 16 heteroatoms. The highest BCUT2D eigenvalue weighted by molar-refractivity contribution is 7.48. The third-order valence-corrected chi connectivity index (χ3v) is 16.6. The summed E-state index contributed by atoms with van der Waals surface area (Å²) in [6.07, 6.45) is 19.4. The van der Waals surface area contributed by atoms with E-state index < -0.39 is 38.9 Å². The van der Waals surface area contributed by atoms with Gasteiger partial charge in [-0.1, -0.05) is 175 Å². The molecule has 0 spiro atoms. The Labute approximate surface area is 427 Å². The molecule has 392 valence electrons. The minimum absolute atomic E-state index is 0.0253. The van der Waals surface area contributed by atoms with Crippen LogP contribution < -0.4 is 10.6 Å². The first-order chi connectivity index (χ1) is 35.0. The van der Waals surface area contributed by atoms with E-state index in [1.165, 1.54) is 99.3 Å².